The van der Waals surface area contributed by atoms with Crippen LogP contribution in [-0.4, -0.2) is 65.2 Å². The number of rotatable bonds is 6. The number of ketones is 1. The Hall–Kier alpha value is -3.40. The Labute approximate surface area is 229 Å². The van der Waals surface area contributed by atoms with Crippen molar-refractivity contribution in [2.24, 2.45) is 5.92 Å². The smallest absolute Gasteiger partial charge is 0.255 e. The van der Waals surface area contributed by atoms with E-state index >= 15 is 0 Å². The molecule has 0 N–H and O–H groups in total. The standard InChI is InChI=1S/C31H33ClN4O2/c32-28-9-7-25(8-10-28)30(37)26-11-18-35(19-12-26)31(38)27-2-1-15-36(22-27)29-13-16-34(17-14-29)21-24-5-3-23(20-33)4-6-24/h1-10,22,26,29H,11-19,21H2. The molecule has 0 aromatic heterocycles. The van der Waals surface area contributed by atoms with Gasteiger partial charge >= 0.3 is 0 Å². The first kappa shape index (κ1) is 26.2. The number of nitrogens with zero attached hydrogens (tertiary/aromatic N) is 4. The summed E-state index contributed by atoms with van der Waals surface area (Å²) < 4.78 is 0. The van der Waals surface area contributed by atoms with E-state index in [-0.39, 0.29) is 17.6 Å². The summed E-state index contributed by atoms with van der Waals surface area (Å²) in [6.45, 7) is 4.95. The van der Waals surface area contributed by atoms with Crippen LogP contribution in [0.15, 0.2) is 72.5 Å². The number of hydrogen-bond donors (Lipinski definition) is 0. The molecule has 5 rings (SSSR count). The summed E-state index contributed by atoms with van der Waals surface area (Å²) in [4.78, 5) is 32.9. The third-order valence-corrected chi connectivity index (χ3v) is 8.21. The van der Waals surface area contributed by atoms with Crippen molar-refractivity contribution < 1.29 is 9.59 Å². The molecule has 38 heavy (non-hydrogen) atoms. The number of hydrogen-bond acceptors (Lipinski definition) is 5. The summed E-state index contributed by atoms with van der Waals surface area (Å²) in [5, 5.41) is 9.62. The normalized spacial score (nSPS) is 19.2. The zero-order valence-electron chi connectivity index (χ0n) is 21.6. The van der Waals surface area contributed by atoms with Crippen molar-refractivity contribution in [3.63, 3.8) is 0 Å². The van der Waals surface area contributed by atoms with Crippen LogP contribution in [0.25, 0.3) is 0 Å². The van der Waals surface area contributed by atoms with Crippen molar-refractivity contribution in [3.8, 4) is 6.07 Å². The van der Waals surface area contributed by atoms with Gasteiger partial charge in [0.05, 0.1) is 17.2 Å². The minimum Gasteiger partial charge on any atom is -0.370 e. The maximum atomic E-state index is 13.3. The molecule has 196 valence electrons. The number of likely N-dealkylation sites (tertiary alicyclic amines) is 2. The van der Waals surface area contributed by atoms with E-state index in [4.69, 9.17) is 16.9 Å². The highest BCUT2D eigenvalue weighted by atomic mass is 35.5. The Morgan fingerprint density at radius 3 is 2.26 bits per heavy atom. The van der Waals surface area contributed by atoms with Gasteiger partial charge in [0.2, 0.25) is 0 Å². The van der Waals surface area contributed by atoms with E-state index in [1.165, 1.54) is 5.56 Å². The molecular weight excluding hydrogens is 496 g/mol. The average molecular weight is 529 g/mol. The van der Waals surface area contributed by atoms with Gasteiger partial charge in [0.1, 0.15) is 0 Å². The molecule has 0 unspecified atom stereocenters. The van der Waals surface area contributed by atoms with Gasteiger partial charge in [-0.2, -0.15) is 5.26 Å². The molecule has 3 heterocycles. The van der Waals surface area contributed by atoms with Crippen LogP contribution in [0.5, 0.6) is 0 Å². The summed E-state index contributed by atoms with van der Waals surface area (Å²) in [6.07, 6.45) is 9.57. The van der Waals surface area contributed by atoms with Crippen LogP contribution in [0.2, 0.25) is 5.02 Å². The van der Waals surface area contributed by atoms with Gasteiger partial charge in [-0.1, -0.05) is 35.9 Å². The third kappa shape index (κ3) is 6.18. The van der Waals surface area contributed by atoms with Crippen molar-refractivity contribution in [1.82, 2.24) is 14.7 Å². The lowest BCUT2D eigenvalue weighted by Gasteiger charge is -2.39. The van der Waals surface area contributed by atoms with E-state index in [9.17, 15) is 9.59 Å². The van der Waals surface area contributed by atoms with Crippen LogP contribution in [-0.2, 0) is 11.3 Å². The summed E-state index contributed by atoms with van der Waals surface area (Å²) >= 11 is 5.95. The molecule has 3 aliphatic heterocycles. The second-order valence-corrected chi connectivity index (χ2v) is 10.9. The fourth-order valence-electron chi connectivity index (χ4n) is 5.69. The molecule has 0 aliphatic carbocycles. The Kier molecular flexibility index (Phi) is 8.26. The largest absolute Gasteiger partial charge is 0.370 e. The lowest BCUT2D eigenvalue weighted by Crippen LogP contribution is -2.44. The van der Waals surface area contributed by atoms with Gasteiger partial charge in [0, 0.05) is 68.0 Å². The molecule has 0 atom stereocenters. The Bertz CT molecular complexity index is 1250. The molecule has 3 aliphatic rings. The number of halogens is 1. The highest BCUT2D eigenvalue weighted by Gasteiger charge is 2.30. The van der Waals surface area contributed by atoms with Gasteiger partial charge in [0.15, 0.2) is 5.78 Å². The Balaban J connectivity index is 1.11. The second-order valence-electron chi connectivity index (χ2n) is 10.4. The van der Waals surface area contributed by atoms with Crippen LogP contribution in [0.4, 0.5) is 0 Å². The lowest BCUT2D eigenvalue weighted by molar-refractivity contribution is -0.128. The summed E-state index contributed by atoms with van der Waals surface area (Å²) in [5.41, 5.74) is 3.35. The van der Waals surface area contributed by atoms with Crippen molar-refractivity contribution >= 4 is 23.3 Å². The quantitative estimate of drug-likeness (QED) is 0.491. The van der Waals surface area contributed by atoms with Gasteiger partial charge in [-0.3, -0.25) is 14.5 Å². The number of nitriles is 1. The molecule has 2 fully saturated rings. The molecule has 0 radical (unpaired) electrons. The van der Waals surface area contributed by atoms with E-state index < -0.39 is 0 Å². The van der Waals surface area contributed by atoms with Crippen molar-refractivity contribution in [1.29, 1.82) is 5.26 Å². The van der Waals surface area contributed by atoms with Gasteiger partial charge in [-0.25, -0.2) is 0 Å². The molecule has 7 heteroatoms. The van der Waals surface area contributed by atoms with E-state index in [1.54, 1.807) is 24.3 Å². The number of benzene rings is 2. The van der Waals surface area contributed by atoms with Crippen LogP contribution in [0.3, 0.4) is 0 Å². The molecule has 2 saturated heterocycles. The molecule has 1 amide bonds. The molecule has 0 saturated carbocycles. The van der Waals surface area contributed by atoms with E-state index in [2.05, 4.69) is 21.9 Å². The molecular formula is C31H33ClN4O2. The van der Waals surface area contributed by atoms with Crippen LogP contribution < -0.4 is 0 Å². The highest BCUT2D eigenvalue weighted by molar-refractivity contribution is 6.30. The highest BCUT2D eigenvalue weighted by Crippen LogP contribution is 2.26. The summed E-state index contributed by atoms with van der Waals surface area (Å²) in [7, 11) is 0. The summed E-state index contributed by atoms with van der Waals surface area (Å²) in [6, 6.07) is 17.5. The van der Waals surface area contributed by atoms with Gasteiger partial charge < -0.3 is 9.80 Å². The van der Waals surface area contributed by atoms with Crippen LogP contribution in [0.1, 0.15) is 47.2 Å². The van der Waals surface area contributed by atoms with Crippen LogP contribution in [0, 0.1) is 17.2 Å². The topological polar surface area (TPSA) is 67.7 Å². The minimum absolute atomic E-state index is 0.0536. The summed E-state index contributed by atoms with van der Waals surface area (Å²) in [5.74, 6) is 0.144. The number of carbonyl (C=O) groups is 2. The SMILES string of the molecule is N#Cc1ccc(CN2CCC(N3C=C(C(=O)N4CCC(C(=O)c5ccc(Cl)cc5)CC4)C=CC3)CC2)cc1. The van der Waals surface area contributed by atoms with E-state index in [0.29, 0.717) is 48.1 Å². The third-order valence-electron chi connectivity index (χ3n) is 7.96. The lowest BCUT2D eigenvalue weighted by atomic mass is 9.88. The monoisotopic (exact) mass is 528 g/mol. The Morgan fingerprint density at radius 2 is 1.61 bits per heavy atom. The van der Waals surface area contributed by atoms with Gasteiger partial charge in [-0.05, 0) is 67.6 Å². The number of Topliss-reactive ketones (excluding diaryl/α,β-unsaturated/α-hetero) is 1. The first-order valence-electron chi connectivity index (χ1n) is 13.4. The fourth-order valence-corrected chi connectivity index (χ4v) is 5.81. The molecule has 2 aromatic rings. The number of amides is 1. The van der Waals surface area contributed by atoms with Gasteiger partial charge in [0.25, 0.3) is 5.91 Å². The second kappa shape index (κ2) is 12.0. The minimum atomic E-state index is -0.0536. The maximum Gasteiger partial charge on any atom is 0.255 e. The molecule has 0 bridgehead atoms. The molecule has 0 spiro atoms. The van der Waals surface area contributed by atoms with E-state index in [0.717, 1.165) is 44.6 Å². The number of carbonyl (C=O) groups excluding carboxylic acids is 2. The number of piperidine rings is 2. The van der Waals surface area contributed by atoms with Crippen molar-refractivity contribution in [2.75, 3.05) is 32.7 Å². The fraction of sp³-hybridized carbons (Fsp3) is 0.387. The Morgan fingerprint density at radius 1 is 0.921 bits per heavy atom. The van der Waals surface area contributed by atoms with Crippen LogP contribution >= 0.6 is 11.6 Å². The first-order valence-corrected chi connectivity index (χ1v) is 13.8. The maximum absolute atomic E-state index is 13.3. The predicted molar refractivity (Wildman–Crippen MR) is 148 cm³/mol. The molecule has 6 nitrogen and oxygen atoms in total. The van der Waals surface area contributed by atoms with E-state index in [1.807, 2.05) is 41.4 Å². The van der Waals surface area contributed by atoms with Crippen molar-refractivity contribution in [3.05, 3.63) is 94.2 Å². The zero-order valence-corrected chi connectivity index (χ0v) is 22.3. The first-order chi connectivity index (χ1) is 18.5. The van der Waals surface area contributed by atoms with Gasteiger partial charge in [-0.15, -0.1) is 0 Å². The van der Waals surface area contributed by atoms with Crippen molar-refractivity contribution in [2.45, 2.75) is 38.3 Å². The predicted octanol–water partition coefficient (Wildman–Crippen LogP) is 5.05. The average Bonchev–Trinajstić information content (AvgIpc) is 2.98. The zero-order chi connectivity index (χ0) is 26.5. The molecule has 2 aromatic carbocycles.